The quantitative estimate of drug-likeness (QED) is 0.830. The molecule has 2 atom stereocenters. The molecule has 98 valence electrons. The van der Waals surface area contributed by atoms with Crippen LogP contribution in [0.4, 0.5) is 5.82 Å². The third-order valence-electron chi connectivity index (χ3n) is 3.21. The van der Waals surface area contributed by atoms with Gasteiger partial charge in [-0.1, -0.05) is 0 Å². The van der Waals surface area contributed by atoms with E-state index >= 15 is 0 Å². The van der Waals surface area contributed by atoms with E-state index in [0.29, 0.717) is 0 Å². The number of nitrogens with one attached hydrogen (secondary N) is 1. The summed E-state index contributed by atoms with van der Waals surface area (Å²) >= 11 is 0. The van der Waals surface area contributed by atoms with Gasteiger partial charge in [-0.25, -0.2) is 4.98 Å². The van der Waals surface area contributed by atoms with Gasteiger partial charge >= 0.3 is 0 Å². The molecule has 0 aromatic carbocycles. The predicted octanol–water partition coefficient (Wildman–Crippen LogP) is 0.816. The lowest BCUT2D eigenvalue weighted by Crippen LogP contribution is -2.35. The van der Waals surface area contributed by atoms with Gasteiger partial charge in [-0.15, -0.1) is 0 Å². The van der Waals surface area contributed by atoms with Gasteiger partial charge in [0.15, 0.2) is 0 Å². The van der Waals surface area contributed by atoms with E-state index in [1.807, 2.05) is 19.1 Å². The number of carbonyl (C=O) groups is 1. The van der Waals surface area contributed by atoms with Crippen molar-refractivity contribution in [2.45, 2.75) is 32.4 Å². The number of nitrogens with two attached hydrogens (primary N) is 1. The highest BCUT2D eigenvalue weighted by molar-refractivity contribution is 5.73. The van der Waals surface area contributed by atoms with Crippen LogP contribution in [-0.4, -0.2) is 30.0 Å². The highest BCUT2D eigenvalue weighted by Crippen LogP contribution is 2.21. The Kier molecular flexibility index (Phi) is 3.81. The van der Waals surface area contributed by atoms with Crippen LogP contribution in [0.25, 0.3) is 0 Å². The molecule has 0 saturated carbocycles. The fourth-order valence-electron chi connectivity index (χ4n) is 2.26. The minimum Gasteiger partial charge on any atom is -0.354 e. The molecule has 1 aliphatic rings. The van der Waals surface area contributed by atoms with E-state index in [1.165, 1.54) is 0 Å². The lowest BCUT2D eigenvalue weighted by Gasteiger charge is -2.19. The molecule has 1 aliphatic heterocycles. The van der Waals surface area contributed by atoms with Gasteiger partial charge in [-0.2, -0.15) is 0 Å². The summed E-state index contributed by atoms with van der Waals surface area (Å²) < 4.78 is 0. The molecule has 1 fully saturated rings. The van der Waals surface area contributed by atoms with Crippen LogP contribution < -0.4 is 16.0 Å². The number of carbonyl (C=O) groups excluding carboxylic acids is 1. The van der Waals surface area contributed by atoms with Crippen molar-refractivity contribution >= 4 is 11.7 Å². The van der Waals surface area contributed by atoms with E-state index in [1.54, 1.807) is 13.1 Å². The van der Waals surface area contributed by atoms with Crippen LogP contribution in [0.5, 0.6) is 0 Å². The van der Waals surface area contributed by atoms with Gasteiger partial charge in [-0.3, -0.25) is 4.79 Å². The fourth-order valence-corrected chi connectivity index (χ4v) is 2.26. The number of aromatic nitrogens is 1. The zero-order valence-electron chi connectivity index (χ0n) is 10.9. The van der Waals surface area contributed by atoms with Crippen LogP contribution in [0.1, 0.15) is 31.9 Å². The normalized spacial score (nSPS) is 20.8. The Morgan fingerprint density at radius 1 is 1.67 bits per heavy atom. The number of rotatable bonds is 3. The van der Waals surface area contributed by atoms with Crippen molar-refractivity contribution in [3.05, 3.63) is 23.9 Å². The summed E-state index contributed by atoms with van der Waals surface area (Å²) in [4.78, 5) is 17.6. The maximum Gasteiger partial charge on any atom is 0.217 e. The molecule has 0 spiro atoms. The summed E-state index contributed by atoms with van der Waals surface area (Å²) in [5.74, 6) is 0.969. The summed E-state index contributed by atoms with van der Waals surface area (Å²) in [5.41, 5.74) is 6.96. The zero-order chi connectivity index (χ0) is 13.1. The lowest BCUT2D eigenvalue weighted by atomic mass is 10.1. The second-order valence-electron chi connectivity index (χ2n) is 4.87. The van der Waals surface area contributed by atoms with Crippen molar-refractivity contribution in [2.75, 3.05) is 18.0 Å². The summed E-state index contributed by atoms with van der Waals surface area (Å²) in [5, 5.41) is 2.95. The second-order valence-corrected chi connectivity index (χ2v) is 4.87. The highest BCUT2D eigenvalue weighted by atomic mass is 16.1. The van der Waals surface area contributed by atoms with Crippen LogP contribution >= 0.6 is 0 Å². The van der Waals surface area contributed by atoms with Gasteiger partial charge < -0.3 is 16.0 Å². The Balaban J connectivity index is 2.05. The molecule has 2 heterocycles. The van der Waals surface area contributed by atoms with Crippen molar-refractivity contribution in [1.29, 1.82) is 0 Å². The molecule has 0 aliphatic carbocycles. The first-order chi connectivity index (χ1) is 8.56. The van der Waals surface area contributed by atoms with Gasteiger partial charge in [-0.05, 0) is 31.0 Å². The van der Waals surface area contributed by atoms with Crippen LogP contribution in [-0.2, 0) is 4.79 Å². The molecule has 3 N–H and O–H groups in total. The molecule has 1 aromatic rings. The van der Waals surface area contributed by atoms with Crippen LogP contribution in [0.15, 0.2) is 18.3 Å². The lowest BCUT2D eigenvalue weighted by molar-refractivity contribution is -0.119. The van der Waals surface area contributed by atoms with E-state index < -0.39 is 0 Å². The Labute approximate surface area is 107 Å². The third kappa shape index (κ3) is 2.98. The molecular formula is C13H20N4O. The molecule has 2 rings (SSSR count). The molecule has 0 bridgehead atoms. The molecule has 0 radical (unpaired) electrons. The van der Waals surface area contributed by atoms with E-state index in [-0.39, 0.29) is 18.0 Å². The van der Waals surface area contributed by atoms with E-state index in [2.05, 4.69) is 15.2 Å². The van der Waals surface area contributed by atoms with Gasteiger partial charge in [0.1, 0.15) is 5.82 Å². The molecule has 1 aromatic heterocycles. The first kappa shape index (κ1) is 12.8. The number of pyridine rings is 1. The molecule has 1 amide bonds. The molecule has 18 heavy (non-hydrogen) atoms. The average Bonchev–Trinajstić information content (AvgIpc) is 2.77. The Hall–Kier alpha value is -1.62. The van der Waals surface area contributed by atoms with Crippen LogP contribution in [0.3, 0.4) is 0 Å². The number of amides is 1. The van der Waals surface area contributed by atoms with Crippen molar-refractivity contribution in [3.63, 3.8) is 0 Å². The standard InChI is InChI=1S/C13H20N4O/c1-9(14)11-3-5-15-13(7-11)17-6-4-12(8-17)16-10(2)18/h3,5,7,9,12H,4,6,8,14H2,1-2H3,(H,16,18)/t9-,12?/m0/s1. The van der Waals surface area contributed by atoms with Crippen molar-refractivity contribution in [3.8, 4) is 0 Å². The summed E-state index contributed by atoms with van der Waals surface area (Å²) in [6.45, 7) is 5.25. The maximum absolute atomic E-state index is 11.0. The third-order valence-corrected chi connectivity index (χ3v) is 3.21. The number of anilines is 1. The Morgan fingerprint density at radius 3 is 3.11 bits per heavy atom. The second kappa shape index (κ2) is 5.35. The van der Waals surface area contributed by atoms with E-state index in [0.717, 1.165) is 30.9 Å². The number of nitrogens with zero attached hydrogens (tertiary/aromatic N) is 2. The molecule has 1 unspecified atom stereocenters. The number of hydrogen-bond donors (Lipinski definition) is 2. The molecule has 5 nitrogen and oxygen atoms in total. The highest BCUT2D eigenvalue weighted by Gasteiger charge is 2.24. The smallest absolute Gasteiger partial charge is 0.217 e. The van der Waals surface area contributed by atoms with E-state index in [4.69, 9.17) is 5.73 Å². The summed E-state index contributed by atoms with van der Waals surface area (Å²) in [6.07, 6.45) is 2.75. The number of hydrogen-bond acceptors (Lipinski definition) is 4. The summed E-state index contributed by atoms with van der Waals surface area (Å²) in [6, 6.07) is 4.21. The van der Waals surface area contributed by atoms with Crippen molar-refractivity contribution in [2.24, 2.45) is 5.73 Å². The van der Waals surface area contributed by atoms with Gasteiger partial charge in [0.2, 0.25) is 5.91 Å². The van der Waals surface area contributed by atoms with Gasteiger partial charge in [0.05, 0.1) is 0 Å². The Morgan fingerprint density at radius 2 is 2.44 bits per heavy atom. The minimum absolute atomic E-state index is 0.0143. The zero-order valence-corrected chi connectivity index (χ0v) is 10.9. The summed E-state index contributed by atoms with van der Waals surface area (Å²) in [7, 11) is 0. The minimum atomic E-state index is 0.0143. The molecule has 5 heteroatoms. The fraction of sp³-hybridized carbons (Fsp3) is 0.538. The van der Waals surface area contributed by atoms with E-state index in [9.17, 15) is 4.79 Å². The maximum atomic E-state index is 11.0. The molecular weight excluding hydrogens is 228 g/mol. The van der Waals surface area contributed by atoms with Gasteiger partial charge in [0.25, 0.3) is 0 Å². The predicted molar refractivity (Wildman–Crippen MR) is 71.3 cm³/mol. The monoisotopic (exact) mass is 248 g/mol. The topological polar surface area (TPSA) is 71.2 Å². The first-order valence-electron chi connectivity index (χ1n) is 6.30. The SMILES string of the molecule is CC(=O)NC1CCN(c2cc([C@H](C)N)ccn2)C1. The van der Waals surface area contributed by atoms with Crippen molar-refractivity contribution in [1.82, 2.24) is 10.3 Å². The van der Waals surface area contributed by atoms with Crippen LogP contribution in [0.2, 0.25) is 0 Å². The van der Waals surface area contributed by atoms with Crippen LogP contribution in [0, 0.1) is 0 Å². The Bertz CT molecular complexity index is 433. The average molecular weight is 248 g/mol. The van der Waals surface area contributed by atoms with Crippen molar-refractivity contribution < 1.29 is 4.79 Å². The largest absolute Gasteiger partial charge is 0.354 e. The first-order valence-corrected chi connectivity index (χ1v) is 6.30. The van der Waals surface area contributed by atoms with Gasteiger partial charge in [0, 0.05) is 38.3 Å². The molecule has 1 saturated heterocycles.